The molecule has 0 spiro atoms. The number of amidine groups is 1. The Morgan fingerprint density at radius 1 is 1.50 bits per heavy atom. The number of nitrogens with two attached hydrogens (primary N) is 1. The van der Waals surface area contributed by atoms with Crippen LogP contribution in [-0.4, -0.2) is 43.5 Å². The van der Waals surface area contributed by atoms with Crippen molar-refractivity contribution in [1.29, 1.82) is 0 Å². The quantitative estimate of drug-likeness (QED) is 0.326. The first kappa shape index (κ1) is 15.1. The fraction of sp³-hybridized carbons (Fsp3) is 0.462. The zero-order chi connectivity index (χ0) is 14.4. The molecule has 1 aromatic rings. The fourth-order valence-corrected chi connectivity index (χ4v) is 2.18. The molecule has 1 heterocycles. The zero-order valence-corrected chi connectivity index (χ0v) is 11.8. The van der Waals surface area contributed by atoms with Crippen LogP contribution in [0.5, 0.6) is 0 Å². The van der Waals surface area contributed by atoms with Crippen LogP contribution in [0, 0.1) is 0 Å². The zero-order valence-electron chi connectivity index (χ0n) is 11.0. The lowest BCUT2D eigenvalue weighted by Crippen LogP contribution is -2.37. The number of ether oxygens (including phenoxy) is 2. The van der Waals surface area contributed by atoms with Gasteiger partial charge in [-0.25, -0.2) is 0 Å². The van der Waals surface area contributed by atoms with E-state index in [1.54, 1.807) is 12.1 Å². The molecule has 0 amide bonds. The maximum Gasteiger partial charge on any atom is 0.170 e. The first-order chi connectivity index (χ1) is 9.70. The molecule has 1 unspecified atom stereocenters. The third kappa shape index (κ3) is 4.08. The van der Waals surface area contributed by atoms with Gasteiger partial charge in [-0.3, -0.25) is 0 Å². The lowest BCUT2D eigenvalue weighted by molar-refractivity contribution is -0.0864. The molecule has 1 aliphatic heterocycles. The number of rotatable bonds is 5. The van der Waals surface area contributed by atoms with Crippen molar-refractivity contribution < 1.29 is 14.7 Å². The van der Waals surface area contributed by atoms with Gasteiger partial charge in [-0.1, -0.05) is 28.9 Å². The largest absolute Gasteiger partial charge is 0.409 e. The minimum Gasteiger partial charge on any atom is -0.409 e. The molecule has 1 saturated heterocycles. The molecule has 6 nitrogen and oxygen atoms in total. The number of oxime groups is 1. The van der Waals surface area contributed by atoms with Crippen LogP contribution in [0.25, 0.3) is 0 Å². The van der Waals surface area contributed by atoms with Crippen molar-refractivity contribution in [2.75, 3.05) is 26.4 Å². The number of halogens is 1. The summed E-state index contributed by atoms with van der Waals surface area (Å²) in [5, 5.41) is 15.4. The summed E-state index contributed by atoms with van der Waals surface area (Å²) < 4.78 is 10.9. The first-order valence-electron chi connectivity index (χ1n) is 6.37. The van der Waals surface area contributed by atoms with E-state index >= 15 is 0 Å². The summed E-state index contributed by atoms with van der Waals surface area (Å²) in [6.45, 7) is 3.25. The molecule has 2 rings (SSSR count). The summed E-state index contributed by atoms with van der Waals surface area (Å²) in [7, 11) is 0. The van der Waals surface area contributed by atoms with E-state index in [-0.39, 0.29) is 11.9 Å². The van der Waals surface area contributed by atoms with Crippen LogP contribution < -0.4 is 11.1 Å². The molecule has 1 aliphatic rings. The first-order valence-corrected chi connectivity index (χ1v) is 6.75. The summed E-state index contributed by atoms with van der Waals surface area (Å²) >= 11 is 6.16. The van der Waals surface area contributed by atoms with Gasteiger partial charge in [0, 0.05) is 23.7 Å². The van der Waals surface area contributed by atoms with Gasteiger partial charge in [-0.2, -0.15) is 0 Å². The Morgan fingerprint density at radius 2 is 2.35 bits per heavy atom. The van der Waals surface area contributed by atoms with E-state index < -0.39 is 0 Å². The summed E-state index contributed by atoms with van der Waals surface area (Å²) in [6.07, 6.45) is 0.0824. The van der Waals surface area contributed by atoms with Gasteiger partial charge in [-0.05, 0) is 11.6 Å². The molecular weight excluding hydrogens is 282 g/mol. The fourth-order valence-electron chi connectivity index (χ4n) is 1.93. The maximum atomic E-state index is 8.62. The van der Waals surface area contributed by atoms with Gasteiger partial charge in [-0.15, -0.1) is 0 Å². The Kier molecular flexibility index (Phi) is 5.60. The van der Waals surface area contributed by atoms with Crippen molar-refractivity contribution >= 4 is 17.4 Å². The van der Waals surface area contributed by atoms with E-state index in [4.69, 9.17) is 32.0 Å². The van der Waals surface area contributed by atoms with E-state index in [0.29, 0.717) is 43.5 Å². The predicted molar refractivity (Wildman–Crippen MR) is 76.2 cm³/mol. The van der Waals surface area contributed by atoms with Gasteiger partial charge in [0.25, 0.3) is 0 Å². The number of nitrogens with one attached hydrogen (secondary N) is 1. The Hall–Kier alpha value is -1.34. The minimum atomic E-state index is 0.0409. The highest BCUT2D eigenvalue weighted by Crippen LogP contribution is 2.17. The molecule has 0 aromatic heterocycles. The summed E-state index contributed by atoms with van der Waals surface area (Å²) in [5.41, 5.74) is 7.04. The molecule has 0 radical (unpaired) electrons. The van der Waals surface area contributed by atoms with E-state index in [9.17, 15) is 0 Å². The normalized spacial score (nSPS) is 20.1. The van der Waals surface area contributed by atoms with E-state index in [2.05, 4.69) is 10.5 Å². The van der Waals surface area contributed by atoms with Crippen molar-refractivity contribution in [2.45, 2.75) is 12.6 Å². The standard InChI is InChI=1S/C13H18ClN3O3/c14-12-5-9(13(15)17-18)1-2-10(12)6-16-7-11-8-19-3-4-20-11/h1-2,5,11,16,18H,3-4,6-8H2,(H2,15,17). The van der Waals surface area contributed by atoms with Crippen molar-refractivity contribution in [1.82, 2.24) is 5.32 Å². The molecule has 1 fully saturated rings. The Labute approximate surface area is 122 Å². The molecule has 1 atom stereocenters. The highest BCUT2D eigenvalue weighted by Gasteiger charge is 2.13. The van der Waals surface area contributed by atoms with Gasteiger partial charge < -0.3 is 25.7 Å². The molecule has 4 N–H and O–H groups in total. The number of hydrogen-bond donors (Lipinski definition) is 3. The Bertz CT molecular complexity index is 476. The van der Waals surface area contributed by atoms with Crippen LogP contribution in [0.2, 0.25) is 5.02 Å². The van der Waals surface area contributed by atoms with Crippen LogP contribution >= 0.6 is 11.6 Å². The topological polar surface area (TPSA) is 89.1 Å². The van der Waals surface area contributed by atoms with E-state index in [0.717, 1.165) is 5.56 Å². The number of benzene rings is 1. The smallest absolute Gasteiger partial charge is 0.170 e. The summed E-state index contributed by atoms with van der Waals surface area (Å²) in [6, 6.07) is 5.28. The average Bonchev–Trinajstić information content (AvgIpc) is 2.49. The lowest BCUT2D eigenvalue weighted by atomic mass is 10.1. The predicted octanol–water partition coefficient (Wildman–Crippen LogP) is 0.939. The third-order valence-electron chi connectivity index (χ3n) is 3.03. The second kappa shape index (κ2) is 7.44. The van der Waals surface area contributed by atoms with Crippen molar-refractivity contribution in [2.24, 2.45) is 10.9 Å². The van der Waals surface area contributed by atoms with Gasteiger partial charge in [0.2, 0.25) is 0 Å². The van der Waals surface area contributed by atoms with E-state index in [1.165, 1.54) is 0 Å². The van der Waals surface area contributed by atoms with Gasteiger partial charge >= 0.3 is 0 Å². The SMILES string of the molecule is N/C(=N/O)c1ccc(CNCC2COCCO2)c(Cl)c1. The van der Waals surface area contributed by atoms with Gasteiger partial charge in [0.15, 0.2) is 5.84 Å². The van der Waals surface area contributed by atoms with Gasteiger partial charge in [0.05, 0.1) is 25.9 Å². The lowest BCUT2D eigenvalue weighted by Gasteiger charge is -2.23. The molecule has 0 aliphatic carbocycles. The summed E-state index contributed by atoms with van der Waals surface area (Å²) in [5.74, 6) is 0.0409. The number of nitrogens with zero attached hydrogens (tertiary/aromatic N) is 1. The molecule has 0 bridgehead atoms. The van der Waals surface area contributed by atoms with Crippen LogP contribution in [-0.2, 0) is 16.0 Å². The monoisotopic (exact) mass is 299 g/mol. The van der Waals surface area contributed by atoms with Crippen LogP contribution in [0.3, 0.4) is 0 Å². The third-order valence-corrected chi connectivity index (χ3v) is 3.38. The van der Waals surface area contributed by atoms with Gasteiger partial charge in [0.1, 0.15) is 0 Å². The average molecular weight is 300 g/mol. The van der Waals surface area contributed by atoms with Crippen molar-refractivity contribution in [3.05, 3.63) is 34.3 Å². The van der Waals surface area contributed by atoms with E-state index in [1.807, 2.05) is 6.07 Å². The van der Waals surface area contributed by atoms with Crippen LogP contribution in [0.1, 0.15) is 11.1 Å². The molecular formula is C13H18ClN3O3. The number of hydrogen-bond acceptors (Lipinski definition) is 5. The van der Waals surface area contributed by atoms with Crippen molar-refractivity contribution in [3.63, 3.8) is 0 Å². The molecule has 20 heavy (non-hydrogen) atoms. The minimum absolute atomic E-state index is 0.0409. The molecule has 1 aromatic carbocycles. The maximum absolute atomic E-state index is 8.62. The Morgan fingerprint density at radius 3 is 3.00 bits per heavy atom. The second-order valence-corrected chi connectivity index (χ2v) is 4.90. The Balaban J connectivity index is 1.86. The molecule has 7 heteroatoms. The highest BCUT2D eigenvalue weighted by molar-refractivity contribution is 6.31. The molecule has 110 valence electrons. The summed E-state index contributed by atoms with van der Waals surface area (Å²) in [4.78, 5) is 0. The van der Waals surface area contributed by atoms with Crippen LogP contribution in [0.15, 0.2) is 23.4 Å². The van der Waals surface area contributed by atoms with Crippen LogP contribution in [0.4, 0.5) is 0 Å². The van der Waals surface area contributed by atoms with Crippen molar-refractivity contribution in [3.8, 4) is 0 Å². The highest BCUT2D eigenvalue weighted by atomic mass is 35.5. The second-order valence-electron chi connectivity index (χ2n) is 4.49. The molecule has 0 saturated carbocycles.